The van der Waals surface area contributed by atoms with Crippen LogP contribution in [0.1, 0.15) is 38.8 Å². The first-order valence-corrected chi connectivity index (χ1v) is 5.59. The number of carbonyl (C=O) groups excluding carboxylic acids is 1. The molecule has 0 saturated heterocycles. The molecule has 16 heavy (non-hydrogen) atoms. The summed E-state index contributed by atoms with van der Waals surface area (Å²) in [5.74, 6) is 0.0759. The minimum Gasteiger partial charge on any atom is -0.349 e. The lowest BCUT2D eigenvalue weighted by Crippen LogP contribution is -2.26. The van der Waals surface area contributed by atoms with Gasteiger partial charge in [-0.3, -0.25) is 4.79 Å². The molecule has 0 bridgehead atoms. The molecule has 86 valence electrons. The van der Waals surface area contributed by atoms with E-state index in [-0.39, 0.29) is 11.9 Å². The van der Waals surface area contributed by atoms with Crippen LogP contribution >= 0.6 is 0 Å². The SMILES string of the molecule is C/C=C(\C)CC(=O)NC(C)c1ccccc1. The van der Waals surface area contributed by atoms with Gasteiger partial charge in [0.05, 0.1) is 6.04 Å². The van der Waals surface area contributed by atoms with Crippen LogP contribution in [0.25, 0.3) is 0 Å². The van der Waals surface area contributed by atoms with E-state index in [0.717, 1.165) is 11.1 Å². The van der Waals surface area contributed by atoms with Crippen molar-refractivity contribution in [2.24, 2.45) is 0 Å². The Morgan fingerprint density at radius 3 is 2.56 bits per heavy atom. The van der Waals surface area contributed by atoms with E-state index in [4.69, 9.17) is 0 Å². The fraction of sp³-hybridized carbons (Fsp3) is 0.357. The summed E-state index contributed by atoms with van der Waals surface area (Å²) in [5, 5.41) is 2.98. The molecule has 0 saturated carbocycles. The number of carbonyl (C=O) groups is 1. The summed E-state index contributed by atoms with van der Waals surface area (Å²) in [6.07, 6.45) is 2.44. The summed E-state index contributed by atoms with van der Waals surface area (Å²) in [4.78, 5) is 11.6. The Hall–Kier alpha value is -1.57. The van der Waals surface area contributed by atoms with E-state index >= 15 is 0 Å². The van der Waals surface area contributed by atoms with Gasteiger partial charge >= 0.3 is 0 Å². The summed E-state index contributed by atoms with van der Waals surface area (Å²) in [7, 11) is 0. The third kappa shape index (κ3) is 3.89. The van der Waals surface area contributed by atoms with Gasteiger partial charge in [0.15, 0.2) is 0 Å². The summed E-state index contributed by atoms with van der Waals surface area (Å²) in [6.45, 7) is 5.91. The van der Waals surface area contributed by atoms with Crippen molar-refractivity contribution in [3.8, 4) is 0 Å². The van der Waals surface area contributed by atoms with Crippen LogP contribution in [0.5, 0.6) is 0 Å². The first-order chi connectivity index (χ1) is 7.63. The molecule has 0 heterocycles. The minimum absolute atomic E-state index is 0.0679. The second-order valence-corrected chi connectivity index (χ2v) is 4.01. The monoisotopic (exact) mass is 217 g/mol. The molecular weight excluding hydrogens is 198 g/mol. The van der Waals surface area contributed by atoms with Gasteiger partial charge in [-0.2, -0.15) is 0 Å². The molecule has 0 aliphatic heterocycles. The molecule has 1 unspecified atom stereocenters. The number of allylic oxidation sites excluding steroid dienone is 1. The van der Waals surface area contributed by atoms with Crippen LogP contribution in [-0.4, -0.2) is 5.91 Å². The van der Waals surface area contributed by atoms with Gasteiger partial charge < -0.3 is 5.32 Å². The second-order valence-electron chi connectivity index (χ2n) is 4.01. The van der Waals surface area contributed by atoms with Crippen molar-refractivity contribution in [2.75, 3.05) is 0 Å². The zero-order chi connectivity index (χ0) is 12.0. The van der Waals surface area contributed by atoms with E-state index in [1.807, 2.05) is 57.2 Å². The van der Waals surface area contributed by atoms with E-state index < -0.39 is 0 Å². The van der Waals surface area contributed by atoms with Crippen molar-refractivity contribution in [3.05, 3.63) is 47.5 Å². The Bertz CT molecular complexity index is 368. The average molecular weight is 217 g/mol. The molecule has 1 N–H and O–H groups in total. The van der Waals surface area contributed by atoms with Crippen LogP contribution in [0, 0.1) is 0 Å². The number of nitrogens with one attached hydrogen (secondary N) is 1. The van der Waals surface area contributed by atoms with E-state index in [1.54, 1.807) is 0 Å². The van der Waals surface area contributed by atoms with Crippen LogP contribution in [0.15, 0.2) is 42.0 Å². The van der Waals surface area contributed by atoms with Crippen LogP contribution in [-0.2, 0) is 4.79 Å². The fourth-order valence-corrected chi connectivity index (χ4v) is 1.47. The maximum Gasteiger partial charge on any atom is 0.224 e. The van der Waals surface area contributed by atoms with Crippen molar-refractivity contribution < 1.29 is 4.79 Å². The topological polar surface area (TPSA) is 29.1 Å². The summed E-state index contributed by atoms with van der Waals surface area (Å²) < 4.78 is 0. The zero-order valence-electron chi connectivity index (χ0n) is 10.2. The maximum atomic E-state index is 11.6. The Morgan fingerprint density at radius 1 is 1.38 bits per heavy atom. The lowest BCUT2D eigenvalue weighted by molar-refractivity contribution is -0.121. The van der Waals surface area contributed by atoms with E-state index in [9.17, 15) is 4.79 Å². The van der Waals surface area contributed by atoms with Crippen LogP contribution in [0.3, 0.4) is 0 Å². The highest BCUT2D eigenvalue weighted by Crippen LogP contribution is 2.11. The van der Waals surface area contributed by atoms with Gasteiger partial charge in [-0.1, -0.05) is 42.0 Å². The van der Waals surface area contributed by atoms with Crippen molar-refractivity contribution in [1.82, 2.24) is 5.32 Å². The van der Waals surface area contributed by atoms with Gasteiger partial charge in [-0.05, 0) is 26.3 Å². The molecule has 0 fully saturated rings. The molecule has 0 aromatic heterocycles. The molecule has 0 spiro atoms. The second kappa shape index (κ2) is 6.11. The molecule has 0 aliphatic carbocycles. The molecule has 2 heteroatoms. The molecule has 0 aliphatic rings. The highest BCUT2D eigenvalue weighted by molar-refractivity contribution is 5.78. The predicted octanol–water partition coefficient (Wildman–Crippen LogP) is 3.22. The van der Waals surface area contributed by atoms with Gasteiger partial charge in [0, 0.05) is 6.42 Å². The molecular formula is C14H19NO. The maximum absolute atomic E-state index is 11.6. The van der Waals surface area contributed by atoms with E-state index in [2.05, 4.69) is 5.32 Å². The van der Waals surface area contributed by atoms with Crippen molar-refractivity contribution in [3.63, 3.8) is 0 Å². The number of rotatable bonds is 4. The minimum atomic E-state index is 0.0679. The zero-order valence-corrected chi connectivity index (χ0v) is 10.2. The quantitative estimate of drug-likeness (QED) is 0.771. The molecule has 1 amide bonds. The number of hydrogen-bond donors (Lipinski definition) is 1. The Kier molecular flexibility index (Phi) is 4.77. The van der Waals surface area contributed by atoms with Gasteiger partial charge in [-0.25, -0.2) is 0 Å². The van der Waals surface area contributed by atoms with Gasteiger partial charge in [0.1, 0.15) is 0 Å². The first kappa shape index (κ1) is 12.5. The number of benzene rings is 1. The normalized spacial score (nSPS) is 13.3. The number of amides is 1. The summed E-state index contributed by atoms with van der Waals surface area (Å²) >= 11 is 0. The average Bonchev–Trinajstić information content (AvgIpc) is 2.29. The van der Waals surface area contributed by atoms with Crippen molar-refractivity contribution in [1.29, 1.82) is 0 Å². The van der Waals surface area contributed by atoms with E-state index in [0.29, 0.717) is 6.42 Å². The highest BCUT2D eigenvalue weighted by atomic mass is 16.1. The number of hydrogen-bond acceptors (Lipinski definition) is 1. The van der Waals surface area contributed by atoms with Gasteiger partial charge in [0.25, 0.3) is 0 Å². The van der Waals surface area contributed by atoms with Crippen LogP contribution in [0.2, 0.25) is 0 Å². The van der Waals surface area contributed by atoms with Gasteiger partial charge in [0.2, 0.25) is 5.91 Å². The summed E-state index contributed by atoms with van der Waals surface area (Å²) in [6, 6.07) is 10.0. The largest absolute Gasteiger partial charge is 0.349 e. The lowest BCUT2D eigenvalue weighted by Gasteiger charge is -2.14. The predicted molar refractivity (Wildman–Crippen MR) is 67.0 cm³/mol. The molecule has 2 nitrogen and oxygen atoms in total. The van der Waals surface area contributed by atoms with Crippen molar-refractivity contribution in [2.45, 2.75) is 33.2 Å². The lowest BCUT2D eigenvalue weighted by atomic mass is 10.1. The Balaban J connectivity index is 2.52. The molecule has 1 rings (SSSR count). The molecule has 1 aromatic rings. The Morgan fingerprint density at radius 2 is 2.00 bits per heavy atom. The summed E-state index contributed by atoms with van der Waals surface area (Å²) in [5.41, 5.74) is 2.23. The van der Waals surface area contributed by atoms with Crippen LogP contribution in [0.4, 0.5) is 0 Å². The van der Waals surface area contributed by atoms with Crippen LogP contribution < -0.4 is 5.32 Å². The first-order valence-electron chi connectivity index (χ1n) is 5.59. The fourth-order valence-electron chi connectivity index (χ4n) is 1.47. The molecule has 1 aromatic carbocycles. The van der Waals surface area contributed by atoms with E-state index in [1.165, 1.54) is 0 Å². The standard InChI is InChI=1S/C14H19NO/c1-4-11(2)10-14(16)15-12(3)13-8-6-5-7-9-13/h4-9,12H,10H2,1-3H3,(H,15,16)/b11-4+. The molecule has 1 atom stereocenters. The van der Waals surface area contributed by atoms with Crippen molar-refractivity contribution >= 4 is 5.91 Å². The highest BCUT2D eigenvalue weighted by Gasteiger charge is 2.08. The molecule has 0 radical (unpaired) electrons. The third-order valence-electron chi connectivity index (χ3n) is 2.61. The smallest absolute Gasteiger partial charge is 0.224 e. The third-order valence-corrected chi connectivity index (χ3v) is 2.61. The van der Waals surface area contributed by atoms with Gasteiger partial charge in [-0.15, -0.1) is 0 Å². The Labute approximate surface area is 97.4 Å².